The maximum atomic E-state index is 14.4. The Labute approximate surface area is 137 Å². The maximum Gasteiger partial charge on any atom is 0.145 e. The van der Waals surface area contributed by atoms with Gasteiger partial charge >= 0.3 is 0 Å². The third kappa shape index (κ3) is 3.10. The molecule has 0 fully saturated rings. The minimum Gasteiger partial charge on any atom is -0.206 e. The van der Waals surface area contributed by atoms with Crippen LogP contribution in [0.5, 0.6) is 0 Å². The number of hydrogen-bond acceptors (Lipinski definition) is 0. The van der Waals surface area contributed by atoms with Crippen molar-refractivity contribution in [1.82, 2.24) is 0 Å². The van der Waals surface area contributed by atoms with Crippen LogP contribution in [0.3, 0.4) is 0 Å². The van der Waals surface area contributed by atoms with Gasteiger partial charge in [-0.25, -0.2) is 13.2 Å². The highest BCUT2D eigenvalue weighted by Gasteiger charge is 2.13. The molecule has 3 rings (SSSR count). The van der Waals surface area contributed by atoms with E-state index in [1.807, 2.05) is 31.2 Å². The average Bonchev–Trinajstić information content (AvgIpc) is 2.53. The van der Waals surface area contributed by atoms with Crippen molar-refractivity contribution in [3.05, 3.63) is 82.6 Å². The summed E-state index contributed by atoms with van der Waals surface area (Å²) in [4.78, 5) is 0. The molecule has 0 aliphatic heterocycles. The molecule has 4 heteroatoms. The summed E-state index contributed by atoms with van der Waals surface area (Å²) in [5, 5.41) is -0.592. The van der Waals surface area contributed by atoms with E-state index in [-0.39, 0.29) is 11.1 Å². The Kier molecular flexibility index (Phi) is 4.14. The van der Waals surface area contributed by atoms with E-state index in [0.29, 0.717) is 5.56 Å². The zero-order valence-corrected chi connectivity index (χ0v) is 13.0. The molecule has 0 aliphatic rings. The van der Waals surface area contributed by atoms with Gasteiger partial charge in [-0.3, -0.25) is 0 Å². The molecule has 3 aromatic rings. The first-order chi connectivity index (χ1) is 11.0. The van der Waals surface area contributed by atoms with Gasteiger partial charge in [0, 0.05) is 5.56 Å². The van der Waals surface area contributed by atoms with Crippen molar-refractivity contribution in [2.24, 2.45) is 0 Å². The van der Waals surface area contributed by atoms with Crippen LogP contribution >= 0.6 is 11.6 Å². The third-order valence-electron chi connectivity index (χ3n) is 3.65. The van der Waals surface area contributed by atoms with E-state index in [0.717, 1.165) is 23.3 Å². The lowest BCUT2D eigenvalue weighted by Gasteiger charge is -2.08. The van der Waals surface area contributed by atoms with Gasteiger partial charge in [-0.1, -0.05) is 53.6 Å². The molecule has 0 radical (unpaired) electrons. The summed E-state index contributed by atoms with van der Waals surface area (Å²) in [5.74, 6) is -2.38. The van der Waals surface area contributed by atoms with E-state index >= 15 is 0 Å². The highest BCUT2D eigenvalue weighted by Crippen LogP contribution is 2.31. The van der Waals surface area contributed by atoms with Crippen LogP contribution in [0, 0.1) is 24.4 Å². The molecule has 116 valence electrons. The van der Waals surface area contributed by atoms with E-state index in [4.69, 9.17) is 11.6 Å². The van der Waals surface area contributed by atoms with Crippen LogP contribution < -0.4 is 0 Å². The fourth-order valence-electron chi connectivity index (χ4n) is 2.39. The molecule has 0 unspecified atom stereocenters. The fourth-order valence-corrected chi connectivity index (χ4v) is 2.49. The Hall–Kier alpha value is -2.26. The van der Waals surface area contributed by atoms with Gasteiger partial charge < -0.3 is 0 Å². The van der Waals surface area contributed by atoms with Gasteiger partial charge in [0.2, 0.25) is 0 Å². The summed E-state index contributed by atoms with van der Waals surface area (Å²) in [7, 11) is 0. The molecule has 0 aromatic heterocycles. The summed E-state index contributed by atoms with van der Waals surface area (Å²) < 4.78 is 41.5. The van der Waals surface area contributed by atoms with Crippen molar-refractivity contribution in [3.63, 3.8) is 0 Å². The van der Waals surface area contributed by atoms with Crippen LogP contribution in [0.25, 0.3) is 22.3 Å². The lowest BCUT2D eigenvalue weighted by atomic mass is 9.99. The Morgan fingerprint density at radius 3 is 1.74 bits per heavy atom. The number of halogens is 4. The van der Waals surface area contributed by atoms with Crippen LogP contribution in [0.4, 0.5) is 13.2 Å². The second-order valence-corrected chi connectivity index (χ2v) is 5.69. The van der Waals surface area contributed by atoms with Gasteiger partial charge in [0.15, 0.2) is 0 Å². The molecule has 3 aromatic carbocycles. The van der Waals surface area contributed by atoms with E-state index in [9.17, 15) is 13.2 Å². The molecule has 0 saturated carbocycles. The van der Waals surface area contributed by atoms with Crippen molar-refractivity contribution in [2.45, 2.75) is 6.92 Å². The van der Waals surface area contributed by atoms with Crippen molar-refractivity contribution in [1.29, 1.82) is 0 Å². The van der Waals surface area contributed by atoms with Crippen LogP contribution in [0.2, 0.25) is 5.02 Å². The molecule has 0 saturated heterocycles. The molecule has 0 heterocycles. The highest BCUT2D eigenvalue weighted by molar-refractivity contribution is 6.31. The van der Waals surface area contributed by atoms with E-state index in [1.165, 1.54) is 12.1 Å². The first kappa shape index (κ1) is 15.6. The molecule has 0 bridgehead atoms. The summed E-state index contributed by atoms with van der Waals surface area (Å²) in [5.41, 5.74) is 2.90. The Balaban J connectivity index is 2.04. The number of benzene rings is 3. The quantitative estimate of drug-likeness (QED) is 0.476. The molecule has 0 nitrogen and oxygen atoms in total. The SMILES string of the molecule is Cc1ccc(-c2ccc(-c3cc(F)c(Cl)c(F)c3)c(F)c2)cc1. The summed E-state index contributed by atoms with van der Waals surface area (Å²) in [6, 6.07) is 14.3. The molecule has 0 spiro atoms. The zero-order valence-electron chi connectivity index (χ0n) is 12.2. The van der Waals surface area contributed by atoms with Gasteiger partial charge in [-0.2, -0.15) is 0 Å². The smallest absolute Gasteiger partial charge is 0.145 e. The van der Waals surface area contributed by atoms with Gasteiger partial charge in [-0.05, 0) is 41.8 Å². The minimum absolute atomic E-state index is 0.109. The number of rotatable bonds is 2. The van der Waals surface area contributed by atoms with Crippen molar-refractivity contribution in [3.8, 4) is 22.3 Å². The molecule has 0 N–H and O–H groups in total. The van der Waals surface area contributed by atoms with Crippen LogP contribution in [0.1, 0.15) is 5.56 Å². The first-order valence-corrected chi connectivity index (χ1v) is 7.35. The van der Waals surface area contributed by atoms with Crippen molar-refractivity contribution >= 4 is 11.6 Å². The lowest BCUT2D eigenvalue weighted by Crippen LogP contribution is -1.91. The van der Waals surface area contributed by atoms with Crippen LogP contribution in [-0.4, -0.2) is 0 Å². The van der Waals surface area contributed by atoms with Crippen molar-refractivity contribution in [2.75, 3.05) is 0 Å². The minimum atomic E-state index is -0.913. The largest absolute Gasteiger partial charge is 0.206 e. The van der Waals surface area contributed by atoms with Gasteiger partial charge in [0.05, 0.1) is 0 Å². The topological polar surface area (TPSA) is 0 Å². The van der Waals surface area contributed by atoms with Gasteiger partial charge in [0.1, 0.15) is 22.5 Å². The lowest BCUT2D eigenvalue weighted by molar-refractivity contribution is 0.584. The summed E-state index contributed by atoms with van der Waals surface area (Å²) >= 11 is 5.45. The predicted octanol–water partition coefficient (Wildman–Crippen LogP) is 6.40. The predicted molar refractivity (Wildman–Crippen MR) is 86.9 cm³/mol. The Morgan fingerprint density at radius 1 is 0.652 bits per heavy atom. The maximum absolute atomic E-state index is 14.4. The van der Waals surface area contributed by atoms with Gasteiger partial charge in [-0.15, -0.1) is 0 Å². The Bertz CT molecular complexity index is 847. The second-order valence-electron chi connectivity index (χ2n) is 5.31. The third-order valence-corrected chi connectivity index (χ3v) is 4.01. The number of hydrogen-bond donors (Lipinski definition) is 0. The molecular weight excluding hydrogens is 321 g/mol. The summed E-state index contributed by atoms with van der Waals surface area (Å²) in [6.45, 7) is 1.97. The molecular formula is C19H12ClF3. The molecule has 23 heavy (non-hydrogen) atoms. The standard InChI is InChI=1S/C19H12ClF3/c1-11-2-4-12(5-3-11)13-6-7-15(16(21)8-13)14-9-17(22)19(20)18(23)10-14/h2-10H,1H3. The van der Waals surface area contributed by atoms with E-state index < -0.39 is 22.5 Å². The molecule has 0 atom stereocenters. The van der Waals surface area contributed by atoms with Crippen molar-refractivity contribution < 1.29 is 13.2 Å². The van der Waals surface area contributed by atoms with E-state index in [2.05, 4.69) is 0 Å². The Morgan fingerprint density at radius 2 is 1.17 bits per heavy atom. The van der Waals surface area contributed by atoms with Crippen LogP contribution in [0.15, 0.2) is 54.6 Å². The second kappa shape index (κ2) is 6.09. The fraction of sp³-hybridized carbons (Fsp3) is 0.0526. The summed E-state index contributed by atoms with van der Waals surface area (Å²) in [6.07, 6.45) is 0. The van der Waals surface area contributed by atoms with Gasteiger partial charge in [0.25, 0.3) is 0 Å². The first-order valence-electron chi connectivity index (χ1n) is 6.97. The average molecular weight is 333 g/mol. The highest BCUT2D eigenvalue weighted by atomic mass is 35.5. The van der Waals surface area contributed by atoms with Crippen LogP contribution in [-0.2, 0) is 0 Å². The number of aryl methyl sites for hydroxylation is 1. The monoisotopic (exact) mass is 332 g/mol. The van der Waals surface area contributed by atoms with E-state index in [1.54, 1.807) is 6.07 Å². The molecule has 0 aliphatic carbocycles. The zero-order chi connectivity index (χ0) is 16.6. The normalized spacial score (nSPS) is 10.8. The molecule has 0 amide bonds.